The SMILES string of the molecule is CCCNC(Cc1nccn1C)C1CCCCO1. The number of nitrogens with zero attached hydrogens (tertiary/aromatic N) is 2. The maximum atomic E-state index is 5.93. The minimum atomic E-state index is 0.349. The Kier molecular flexibility index (Phi) is 5.20. The van der Waals surface area contributed by atoms with E-state index in [0.717, 1.165) is 31.8 Å². The number of ether oxygens (including phenoxy) is 1. The second-order valence-corrected chi connectivity index (χ2v) is 5.12. The summed E-state index contributed by atoms with van der Waals surface area (Å²) in [6.07, 6.45) is 10.0. The van der Waals surface area contributed by atoms with Gasteiger partial charge in [0.15, 0.2) is 0 Å². The van der Waals surface area contributed by atoms with Crippen LogP contribution in [0.25, 0.3) is 0 Å². The summed E-state index contributed by atoms with van der Waals surface area (Å²) in [5.41, 5.74) is 0. The number of hydrogen-bond acceptors (Lipinski definition) is 3. The monoisotopic (exact) mass is 251 g/mol. The van der Waals surface area contributed by atoms with Crippen molar-refractivity contribution >= 4 is 0 Å². The van der Waals surface area contributed by atoms with Gasteiger partial charge in [0.1, 0.15) is 5.82 Å². The van der Waals surface area contributed by atoms with Gasteiger partial charge in [-0.25, -0.2) is 4.98 Å². The van der Waals surface area contributed by atoms with Crippen LogP contribution >= 0.6 is 0 Å². The van der Waals surface area contributed by atoms with Crippen molar-refractivity contribution in [1.82, 2.24) is 14.9 Å². The molecule has 18 heavy (non-hydrogen) atoms. The van der Waals surface area contributed by atoms with Crippen LogP contribution < -0.4 is 5.32 Å². The van der Waals surface area contributed by atoms with Gasteiger partial charge in [0.25, 0.3) is 0 Å². The largest absolute Gasteiger partial charge is 0.377 e. The lowest BCUT2D eigenvalue weighted by atomic mass is 9.99. The van der Waals surface area contributed by atoms with Gasteiger partial charge in [-0.15, -0.1) is 0 Å². The summed E-state index contributed by atoms with van der Waals surface area (Å²) >= 11 is 0. The molecule has 1 aliphatic rings. The third kappa shape index (κ3) is 3.56. The van der Waals surface area contributed by atoms with Gasteiger partial charge in [-0.05, 0) is 32.2 Å². The first kappa shape index (κ1) is 13.6. The lowest BCUT2D eigenvalue weighted by Gasteiger charge is -2.31. The van der Waals surface area contributed by atoms with Crippen molar-refractivity contribution in [2.45, 2.75) is 51.2 Å². The summed E-state index contributed by atoms with van der Waals surface area (Å²) in [5, 5.41) is 3.63. The predicted molar refractivity (Wildman–Crippen MR) is 72.6 cm³/mol. The Labute approximate surface area is 110 Å². The van der Waals surface area contributed by atoms with Crippen LogP contribution in [0.2, 0.25) is 0 Å². The molecule has 0 aromatic carbocycles. The molecule has 0 aliphatic carbocycles. The Morgan fingerprint density at radius 3 is 3.06 bits per heavy atom. The quantitative estimate of drug-likeness (QED) is 0.839. The predicted octanol–water partition coefficient (Wildman–Crippen LogP) is 1.90. The normalized spacial score (nSPS) is 22.0. The smallest absolute Gasteiger partial charge is 0.110 e. The van der Waals surface area contributed by atoms with Crippen molar-refractivity contribution in [1.29, 1.82) is 0 Å². The van der Waals surface area contributed by atoms with Crippen LogP contribution in [0.4, 0.5) is 0 Å². The van der Waals surface area contributed by atoms with Gasteiger partial charge in [0, 0.05) is 38.5 Å². The highest BCUT2D eigenvalue weighted by molar-refractivity contribution is 4.97. The van der Waals surface area contributed by atoms with Crippen molar-refractivity contribution in [3.05, 3.63) is 18.2 Å². The zero-order chi connectivity index (χ0) is 12.8. The molecule has 1 fully saturated rings. The molecule has 1 aromatic rings. The van der Waals surface area contributed by atoms with E-state index in [1.54, 1.807) is 0 Å². The van der Waals surface area contributed by atoms with E-state index in [0.29, 0.717) is 12.1 Å². The molecule has 2 unspecified atom stereocenters. The third-order valence-electron chi connectivity index (χ3n) is 3.64. The van der Waals surface area contributed by atoms with Gasteiger partial charge in [0.05, 0.1) is 6.10 Å². The van der Waals surface area contributed by atoms with Crippen molar-refractivity contribution in [3.8, 4) is 0 Å². The fourth-order valence-corrected chi connectivity index (χ4v) is 2.54. The average Bonchev–Trinajstić information content (AvgIpc) is 2.81. The summed E-state index contributed by atoms with van der Waals surface area (Å²) in [6, 6.07) is 0.395. The Morgan fingerprint density at radius 2 is 2.44 bits per heavy atom. The molecule has 2 heterocycles. The fourth-order valence-electron chi connectivity index (χ4n) is 2.54. The minimum absolute atomic E-state index is 0.349. The lowest BCUT2D eigenvalue weighted by molar-refractivity contribution is -0.00787. The molecule has 2 atom stereocenters. The Morgan fingerprint density at radius 1 is 1.56 bits per heavy atom. The summed E-state index contributed by atoms with van der Waals surface area (Å²) in [6.45, 7) is 4.16. The minimum Gasteiger partial charge on any atom is -0.377 e. The highest BCUT2D eigenvalue weighted by Gasteiger charge is 2.25. The van der Waals surface area contributed by atoms with Crippen molar-refractivity contribution in [2.24, 2.45) is 7.05 Å². The van der Waals surface area contributed by atoms with Crippen LogP contribution in [0.1, 0.15) is 38.4 Å². The van der Waals surface area contributed by atoms with E-state index in [9.17, 15) is 0 Å². The maximum absolute atomic E-state index is 5.93. The molecule has 0 saturated carbocycles. The van der Waals surface area contributed by atoms with E-state index in [2.05, 4.69) is 28.8 Å². The van der Waals surface area contributed by atoms with Crippen LogP contribution in [0.15, 0.2) is 12.4 Å². The number of aromatic nitrogens is 2. The van der Waals surface area contributed by atoms with E-state index in [-0.39, 0.29) is 0 Å². The Balaban J connectivity index is 1.97. The van der Waals surface area contributed by atoms with Gasteiger partial charge in [0.2, 0.25) is 0 Å². The van der Waals surface area contributed by atoms with Crippen molar-refractivity contribution in [3.63, 3.8) is 0 Å². The number of aryl methyl sites for hydroxylation is 1. The van der Waals surface area contributed by atoms with E-state index in [1.807, 2.05) is 12.4 Å². The number of hydrogen-bond donors (Lipinski definition) is 1. The van der Waals surface area contributed by atoms with Crippen LogP contribution in [0.5, 0.6) is 0 Å². The molecule has 102 valence electrons. The van der Waals surface area contributed by atoms with E-state index >= 15 is 0 Å². The average molecular weight is 251 g/mol. The highest BCUT2D eigenvalue weighted by Crippen LogP contribution is 2.18. The second-order valence-electron chi connectivity index (χ2n) is 5.12. The molecule has 1 N–H and O–H groups in total. The molecule has 0 spiro atoms. The molecule has 0 radical (unpaired) electrons. The molecule has 4 nitrogen and oxygen atoms in total. The molecule has 4 heteroatoms. The first-order chi connectivity index (χ1) is 8.81. The van der Waals surface area contributed by atoms with Gasteiger partial charge < -0.3 is 14.6 Å². The summed E-state index contributed by atoms with van der Waals surface area (Å²) in [4.78, 5) is 4.43. The standard InChI is InChI=1S/C14H25N3O/c1-3-7-15-12(13-6-4-5-10-18-13)11-14-16-8-9-17(14)2/h8-9,12-13,15H,3-7,10-11H2,1-2H3. The molecule has 0 amide bonds. The molecule has 0 bridgehead atoms. The molecular formula is C14H25N3O. The fraction of sp³-hybridized carbons (Fsp3) is 0.786. The zero-order valence-electron chi connectivity index (χ0n) is 11.6. The van der Waals surface area contributed by atoms with E-state index < -0.39 is 0 Å². The molecular weight excluding hydrogens is 226 g/mol. The lowest BCUT2D eigenvalue weighted by Crippen LogP contribution is -2.45. The van der Waals surface area contributed by atoms with Crippen LogP contribution in [0, 0.1) is 0 Å². The van der Waals surface area contributed by atoms with Crippen molar-refractivity contribution in [2.75, 3.05) is 13.2 Å². The summed E-state index contributed by atoms with van der Waals surface area (Å²) in [7, 11) is 2.06. The zero-order valence-corrected chi connectivity index (χ0v) is 11.6. The first-order valence-corrected chi connectivity index (χ1v) is 7.12. The second kappa shape index (κ2) is 6.90. The topological polar surface area (TPSA) is 39.1 Å². The number of imidazole rings is 1. The summed E-state index contributed by atoms with van der Waals surface area (Å²) in [5.74, 6) is 1.14. The molecule has 1 saturated heterocycles. The van der Waals surface area contributed by atoms with Crippen LogP contribution in [-0.2, 0) is 18.2 Å². The van der Waals surface area contributed by atoms with Crippen LogP contribution in [-0.4, -0.2) is 34.8 Å². The van der Waals surface area contributed by atoms with Gasteiger partial charge in [-0.3, -0.25) is 0 Å². The third-order valence-corrected chi connectivity index (χ3v) is 3.64. The molecule has 1 aromatic heterocycles. The number of rotatable bonds is 6. The van der Waals surface area contributed by atoms with E-state index in [1.165, 1.54) is 19.3 Å². The Hall–Kier alpha value is -0.870. The highest BCUT2D eigenvalue weighted by atomic mass is 16.5. The summed E-state index contributed by atoms with van der Waals surface area (Å²) < 4.78 is 8.03. The van der Waals surface area contributed by atoms with Gasteiger partial charge >= 0.3 is 0 Å². The molecule has 2 rings (SSSR count). The molecule has 1 aliphatic heterocycles. The number of nitrogens with one attached hydrogen (secondary N) is 1. The van der Waals surface area contributed by atoms with Crippen LogP contribution in [0.3, 0.4) is 0 Å². The van der Waals surface area contributed by atoms with Gasteiger partial charge in [-0.2, -0.15) is 0 Å². The maximum Gasteiger partial charge on any atom is 0.110 e. The Bertz CT molecular complexity index is 345. The van der Waals surface area contributed by atoms with Crippen molar-refractivity contribution < 1.29 is 4.74 Å². The van der Waals surface area contributed by atoms with E-state index in [4.69, 9.17) is 4.74 Å². The van der Waals surface area contributed by atoms with Gasteiger partial charge in [-0.1, -0.05) is 6.92 Å². The first-order valence-electron chi connectivity index (χ1n) is 7.12.